The Bertz CT molecular complexity index is 389. The van der Waals surface area contributed by atoms with E-state index in [4.69, 9.17) is 4.74 Å². The van der Waals surface area contributed by atoms with Crippen LogP contribution in [0.5, 0.6) is 0 Å². The maximum atomic E-state index is 12.9. The molecule has 1 amide bonds. The summed E-state index contributed by atoms with van der Waals surface area (Å²) in [7, 11) is 0. The van der Waals surface area contributed by atoms with E-state index in [2.05, 4.69) is 5.32 Å². The highest BCUT2D eigenvalue weighted by Gasteiger charge is 2.49. The number of amides is 1. The van der Waals surface area contributed by atoms with Gasteiger partial charge in [0.05, 0.1) is 15.9 Å². The molecule has 0 aliphatic rings. The number of halogens is 4. The van der Waals surface area contributed by atoms with Crippen molar-refractivity contribution in [2.45, 2.75) is 58.9 Å². The molecule has 1 atom stereocenters. The van der Waals surface area contributed by atoms with Crippen molar-refractivity contribution >= 4 is 34.5 Å². The van der Waals surface area contributed by atoms with Crippen molar-refractivity contribution in [3.05, 3.63) is 0 Å². The first kappa shape index (κ1) is 20.5. The van der Waals surface area contributed by atoms with Crippen molar-refractivity contribution in [1.82, 2.24) is 5.32 Å². The Hall–Kier alpha value is -0.540. The van der Waals surface area contributed by atoms with Gasteiger partial charge in [0.2, 0.25) is 0 Å². The molecule has 0 aromatic rings. The maximum Gasteiger partial charge on any atom is 0.408 e. The Morgan fingerprint density at radius 2 is 1.62 bits per heavy atom. The summed E-state index contributed by atoms with van der Waals surface area (Å²) in [6, 6.07) is -1.23. The predicted molar refractivity (Wildman–Crippen MR) is 81.5 cm³/mol. The lowest BCUT2D eigenvalue weighted by Crippen LogP contribution is -2.48. The second-order valence-corrected chi connectivity index (χ2v) is 7.15. The molecule has 0 aromatic heterocycles. The average Bonchev–Trinajstić information content (AvgIpc) is 2.22. The first-order valence-electron chi connectivity index (χ1n) is 6.34. The summed E-state index contributed by atoms with van der Waals surface area (Å²) in [5.74, 6) is -0.473. The summed E-state index contributed by atoms with van der Waals surface area (Å²) >= 11 is 1.75. The fraction of sp³-hybridized carbons (Fsp3) is 0.846. The Morgan fingerprint density at radius 1 is 1.14 bits per heavy atom. The molecular formula is C13H21F3INO3. The van der Waals surface area contributed by atoms with E-state index in [1.165, 1.54) is 0 Å². The number of hydrogen-bond donors (Lipinski definition) is 1. The lowest BCUT2D eigenvalue weighted by molar-refractivity contribution is -0.215. The van der Waals surface area contributed by atoms with E-state index in [0.29, 0.717) is 0 Å². The van der Waals surface area contributed by atoms with Crippen LogP contribution in [0.3, 0.4) is 0 Å². The van der Waals surface area contributed by atoms with Gasteiger partial charge in [-0.1, -0.05) is 36.4 Å². The highest BCUT2D eigenvalue weighted by molar-refractivity contribution is 14.1. The number of ether oxygens (including phenoxy) is 1. The zero-order chi connectivity index (χ0) is 17.1. The number of hydrogen-bond acceptors (Lipinski definition) is 3. The number of Topliss-reactive ketones (excluding diaryl/α,β-unsaturated/α-hetero) is 1. The predicted octanol–water partition coefficient (Wildman–Crippen LogP) is 3.86. The standard InChI is InChI=1S/C13H21F3INO3/c1-11(2,3)21-10(20)18-8(9(19)7-17)6-12(4,5)13(14,15)16/h8H,6-7H2,1-5H3,(H,18,20). The molecule has 0 aliphatic heterocycles. The van der Waals surface area contributed by atoms with Crippen molar-refractivity contribution in [3.8, 4) is 0 Å². The summed E-state index contributed by atoms with van der Waals surface area (Å²) in [6.45, 7) is 6.87. The highest BCUT2D eigenvalue weighted by atomic mass is 127. The van der Waals surface area contributed by atoms with Gasteiger partial charge in [-0.05, 0) is 27.2 Å². The molecule has 0 fully saturated rings. The minimum atomic E-state index is -4.47. The molecule has 124 valence electrons. The molecule has 0 aromatic carbocycles. The minimum Gasteiger partial charge on any atom is -0.444 e. The van der Waals surface area contributed by atoms with Gasteiger partial charge in [-0.2, -0.15) is 13.2 Å². The number of alkyl carbamates (subject to hydrolysis) is 1. The Balaban J connectivity index is 5.00. The Labute approximate surface area is 136 Å². The van der Waals surface area contributed by atoms with Crippen molar-refractivity contribution < 1.29 is 27.5 Å². The molecule has 1 N–H and O–H groups in total. The number of nitrogens with one attached hydrogen (secondary N) is 1. The van der Waals surface area contributed by atoms with Crippen LogP contribution in [0.15, 0.2) is 0 Å². The molecule has 0 aliphatic carbocycles. The summed E-state index contributed by atoms with van der Waals surface area (Å²) in [5.41, 5.74) is -2.88. The molecular weight excluding hydrogens is 402 g/mol. The lowest BCUT2D eigenvalue weighted by atomic mass is 9.84. The zero-order valence-electron chi connectivity index (χ0n) is 12.7. The minimum absolute atomic E-state index is 0.00611. The maximum absolute atomic E-state index is 12.9. The zero-order valence-corrected chi connectivity index (χ0v) is 14.9. The summed E-state index contributed by atoms with van der Waals surface area (Å²) in [4.78, 5) is 23.4. The second-order valence-electron chi connectivity index (χ2n) is 6.38. The molecule has 0 rings (SSSR count). The lowest BCUT2D eigenvalue weighted by Gasteiger charge is -2.31. The third-order valence-corrected chi connectivity index (χ3v) is 3.44. The summed E-state index contributed by atoms with van der Waals surface area (Å²) in [5, 5.41) is 2.24. The summed E-state index contributed by atoms with van der Waals surface area (Å²) < 4.78 is 43.7. The number of carbonyl (C=O) groups is 2. The van der Waals surface area contributed by atoms with Crippen LogP contribution in [0.25, 0.3) is 0 Å². The van der Waals surface area contributed by atoms with Gasteiger partial charge in [-0.25, -0.2) is 4.79 Å². The summed E-state index contributed by atoms with van der Waals surface area (Å²) in [6.07, 6.45) is -5.90. The van der Waals surface area contributed by atoms with Crippen molar-refractivity contribution in [3.63, 3.8) is 0 Å². The molecule has 0 spiro atoms. The average molecular weight is 423 g/mol. The monoisotopic (exact) mass is 423 g/mol. The Kier molecular flexibility index (Phi) is 6.96. The largest absolute Gasteiger partial charge is 0.444 e. The van der Waals surface area contributed by atoms with Crippen molar-refractivity contribution in [2.75, 3.05) is 4.43 Å². The van der Waals surface area contributed by atoms with Crippen molar-refractivity contribution in [2.24, 2.45) is 5.41 Å². The number of ketones is 1. The molecule has 8 heteroatoms. The first-order valence-corrected chi connectivity index (χ1v) is 7.87. The van der Waals surface area contributed by atoms with E-state index < -0.39 is 41.5 Å². The molecule has 0 radical (unpaired) electrons. The van der Waals surface area contributed by atoms with E-state index in [9.17, 15) is 22.8 Å². The Morgan fingerprint density at radius 3 is 1.95 bits per heavy atom. The number of alkyl halides is 4. The van der Waals surface area contributed by atoms with Crippen LogP contribution in [0.4, 0.5) is 18.0 Å². The first-order chi connectivity index (χ1) is 9.19. The fourth-order valence-electron chi connectivity index (χ4n) is 1.41. The van der Waals surface area contributed by atoms with Gasteiger partial charge in [-0.3, -0.25) is 4.79 Å². The van der Waals surface area contributed by atoms with Crippen LogP contribution >= 0.6 is 22.6 Å². The van der Waals surface area contributed by atoms with E-state index in [1.54, 1.807) is 43.4 Å². The van der Waals surface area contributed by atoms with Crippen LogP contribution < -0.4 is 5.32 Å². The quantitative estimate of drug-likeness (QED) is 0.540. The fourth-order valence-corrected chi connectivity index (χ4v) is 1.95. The molecule has 0 bridgehead atoms. The van der Waals surface area contributed by atoms with E-state index >= 15 is 0 Å². The molecule has 0 saturated carbocycles. The van der Waals surface area contributed by atoms with Crippen LogP contribution in [-0.2, 0) is 9.53 Å². The molecule has 21 heavy (non-hydrogen) atoms. The molecule has 0 saturated heterocycles. The highest BCUT2D eigenvalue weighted by Crippen LogP contribution is 2.41. The second kappa shape index (κ2) is 7.15. The topological polar surface area (TPSA) is 55.4 Å². The van der Waals surface area contributed by atoms with E-state index in [0.717, 1.165) is 13.8 Å². The van der Waals surface area contributed by atoms with Crippen LogP contribution in [0.2, 0.25) is 0 Å². The van der Waals surface area contributed by atoms with Gasteiger partial charge < -0.3 is 10.1 Å². The van der Waals surface area contributed by atoms with Gasteiger partial charge in [0, 0.05) is 0 Å². The van der Waals surface area contributed by atoms with Gasteiger partial charge in [0.25, 0.3) is 0 Å². The molecule has 4 nitrogen and oxygen atoms in total. The van der Waals surface area contributed by atoms with Crippen LogP contribution in [0, 0.1) is 5.41 Å². The van der Waals surface area contributed by atoms with Crippen LogP contribution in [-0.4, -0.2) is 34.1 Å². The molecule has 0 heterocycles. The smallest absolute Gasteiger partial charge is 0.408 e. The third kappa shape index (κ3) is 7.32. The number of rotatable bonds is 5. The van der Waals surface area contributed by atoms with Crippen molar-refractivity contribution in [1.29, 1.82) is 0 Å². The van der Waals surface area contributed by atoms with Gasteiger partial charge >= 0.3 is 12.3 Å². The third-order valence-electron chi connectivity index (χ3n) is 2.69. The normalized spacial score (nSPS) is 14.5. The van der Waals surface area contributed by atoms with E-state index in [-0.39, 0.29) is 4.43 Å². The van der Waals surface area contributed by atoms with Gasteiger partial charge in [-0.15, -0.1) is 0 Å². The number of carbonyl (C=O) groups excluding carboxylic acids is 2. The van der Waals surface area contributed by atoms with Gasteiger partial charge in [0.15, 0.2) is 5.78 Å². The van der Waals surface area contributed by atoms with E-state index in [1.807, 2.05) is 0 Å². The SMILES string of the molecule is CC(C)(C)OC(=O)NC(CC(C)(C)C(F)(F)F)C(=O)CI. The molecule has 1 unspecified atom stereocenters. The van der Waals surface area contributed by atoms with Crippen LogP contribution in [0.1, 0.15) is 41.0 Å². The van der Waals surface area contributed by atoms with Gasteiger partial charge in [0.1, 0.15) is 5.60 Å².